The Morgan fingerprint density at radius 1 is 1.41 bits per heavy atom. The summed E-state index contributed by atoms with van der Waals surface area (Å²) in [5.74, 6) is -0.344. The van der Waals surface area contributed by atoms with Gasteiger partial charge in [0.2, 0.25) is 0 Å². The number of carbonyl (C=O) groups is 1. The second kappa shape index (κ2) is 5.08. The van der Waals surface area contributed by atoms with Crippen molar-refractivity contribution < 1.29 is 14.6 Å². The predicted molar refractivity (Wildman–Crippen MR) is 70.6 cm³/mol. The van der Waals surface area contributed by atoms with Crippen molar-refractivity contribution in [2.75, 3.05) is 0 Å². The van der Waals surface area contributed by atoms with Crippen molar-refractivity contribution in [2.24, 2.45) is 0 Å². The van der Waals surface area contributed by atoms with Crippen molar-refractivity contribution in [3.63, 3.8) is 0 Å². The van der Waals surface area contributed by atoms with Crippen LogP contribution in [0.25, 0.3) is 0 Å². The van der Waals surface area contributed by atoms with Crippen LogP contribution in [0.15, 0.2) is 22.7 Å². The first kappa shape index (κ1) is 14.0. The fraction of sp³-hybridized carbons (Fsp3) is 0.462. The van der Waals surface area contributed by atoms with Gasteiger partial charge in [0.15, 0.2) is 6.10 Å². The summed E-state index contributed by atoms with van der Waals surface area (Å²) in [6.07, 6.45) is -0.850. The summed E-state index contributed by atoms with van der Waals surface area (Å²) >= 11 is 3.41. The standard InChI is InChI=1S/C13H17BrO3/c1-8(12(15)16)17-11-6-5-9(14)7-10(11)13(2,3)4/h5-8H,1-4H3,(H,15,16). The molecule has 0 heterocycles. The van der Waals surface area contributed by atoms with Crippen LogP contribution in [0.5, 0.6) is 5.75 Å². The van der Waals surface area contributed by atoms with Gasteiger partial charge >= 0.3 is 5.97 Å². The molecule has 0 aliphatic rings. The minimum absolute atomic E-state index is 0.0999. The van der Waals surface area contributed by atoms with E-state index in [-0.39, 0.29) is 5.41 Å². The summed E-state index contributed by atoms with van der Waals surface area (Å²) in [6.45, 7) is 7.71. The van der Waals surface area contributed by atoms with Crippen LogP contribution in [0.1, 0.15) is 33.3 Å². The molecule has 0 spiro atoms. The molecule has 0 saturated carbocycles. The van der Waals surface area contributed by atoms with Crippen LogP contribution in [-0.2, 0) is 10.2 Å². The lowest BCUT2D eigenvalue weighted by Crippen LogP contribution is -2.25. The van der Waals surface area contributed by atoms with E-state index in [9.17, 15) is 4.79 Å². The molecule has 4 heteroatoms. The highest BCUT2D eigenvalue weighted by Crippen LogP contribution is 2.34. The van der Waals surface area contributed by atoms with Gasteiger partial charge in [-0.2, -0.15) is 0 Å². The zero-order chi connectivity index (χ0) is 13.2. The van der Waals surface area contributed by atoms with E-state index in [4.69, 9.17) is 9.84 Å². The number of hydrogen-bond acceptors (Lipinski definition) is 2. The Hall–Kier alpha value is -1.03. The zero-order valence-corrected chi connectivity index (χ0v) is 12.0. The SMILES string of the molecule is CC(Oc1ccc(Br)cc1C(C)(C)C)C(=O)O. The molecule has 0 amide bonds. The van der Waals surface area contributed by atoms with Crippen molar-refractivity contribution in [3.05, 3.63) is 28.2 Å². The molecule has 17 heavy (non-hydrogen) atoms. The van der Waals surface area contributed by atoms with Gasteiger partial charge in [-0.15, -0.1) is 0 Å². The first-order valence-corrected chi connectivity index (χ1v) is 6.20. The minimum Gasteiger partial charge on any atom is -0.479 e. The van der Waals surface area contributed by atoms with E-state index >= 15 is 0 Å². The molecule has 0 radical (unpaired) electrons. The Morgan fingerprint density at radius 3 is 2.47 bits per heavy atom. The lowest BCUT2D eigenvalue weighted by molar-refractivity contribution is -0.144. The number of carboxylic acid groups (broad SMARTS) is 1. The van der Waals surface area contributed by atoms with Crippen LogP contribution >= 0.6 is 15.9 Å². The molecule has 94 valence electrons. The summed E-state index contributed by atoms with van der Waals surface area (Å²) in [4.78, 5) is 10.8. The van der Waals surface area contributed by atoms with Gasteiger partial charge in [-0.1, -0.05) is 36.7 Å². The predicted octanol–water partition coefficient (Wildman–Crippen LogP) is 3.60. The molecule has 1 aromatic rings. The first-order chi connectivity index (χ1) is 7.71. The second-order valence-corrected chi connectivity index (χ2v) is 5.90. The zero-order valence-electron chi connectivity index (χ0n) is 10.5. The van der Waals surface area contributed by atoms with Gasteiger partial charge in [0.25, 0.3) is 0 Å². The van der Waals surface area contributed by atoms with Crippen molar-refractivity contribution in [3.8, 4) is 5.75 Å². The van der Waals surface area contributed by atoms with Crippen LogP contribution in [0.3, 0.4) is 0 Å². The Labute approximate surface area is 110 Å². The van der Waals surface area contributed by atoms with Crippen molar-refractivity contribution >= 4 is 21.9 Å². The summed E-state index contributed by atoms with van der Waals surface area (Å²) < 4.78 is 6.42. The Balaban J connectivity index is 3.11. The average Bonchev–Trinajstić information content (AvgIpc) is 2.18. The van der Waals surface area contributed by atoms with Crippen LogP contribution in [0.2, 0.25) is 0 Å². The van der Waals surface area contributed by atoms with Gasteiger partial charge in [-0.25, -0.2) is 4.79 Å². The lowest BCUT2D eigenvalue weighted by atomic mass is 9.86. The van der Waals surface area contributed by atoms with E-state index in [1.165, 1.54) is 6.92 Å². The van der Waals surface area contributed by atoms with Crippen molar-refractivity contribution in [1.29, 1.82) is 0 Å². The molecule has 1 unspecified atom stereocenters. The van der Waals surface area contributed by atoms with Gasteiger partial charge in [0.05, 0.1) is 0 Å². The molecule has 0 aliphatic heterocycles. The van der Waals surface area contributed by atoms with Crippen molar-refractivity contribution in [2.45, 2.75) is 39.2 Å². The maximum absolute atomic E-state index is 10.8. The van der Waals surface area contributed by atoms with E-state index in [0.29, 0.717) is 5.75 Å². The third-order valence-electron chi connectivity index (χ3n) is 2.40. The van der Waals surface area contributed by atoms with Gasteiger partial charge in [0.1, 0.15) is 5.75 Å². The van der Waals surface area contributed by atoms with E-state index < -0.39 is 12.1 Å². The summed E-state index contributed by atoms with van der Waals surface area (Å²) in [5.41, 5.74) is 0.886. The lowest BCUT2D eigenvalue weighted by Gasteiger charge is -2.24. The smallest absolute Gasteiger partial charge is 0.344 e. The molecule has 1 atom stereocenters. The number of aliphatic carboxylic acids is 1. The molecule has 0 fully saturated rings. The van der Waals surface area contributed by atoms with E-state index in [0.717, 1.165) is 10.0 Å². The summed E-state index contributed by atoms with van der Waals surface area (Å²) in [7, 11) is 0. The second-order valence-electron chi connectivity index (χ2n) is 4.99. The summed E-state index contributed by atoms with van der Waals surface area (Å²) in [6, 6.07) is 5.60. The van der Waals surface area contributed by atoms with Crippen LogP contribution < -0.4 is 4.74 Å². The quantitative estimate of drug-likeness (QED) is 0.928. The first-order valence-electron chi connectivity index (χ1n) is 5.41. The largest absolute Gasteiger partial charge is 0.479 e. The minimum atomic E-state index is -0.965. The number of rotatable bonds is 3. The highest BCUT2D eigenvalue weighted by atomic mass is 79.9. The van der Waals surface area contributed by atoms with Crippen LogP contribution in [0.4, 0.5) is 0 Å². The topological polar surface area (TPSA) is 46.5 Å². The summed E-state index contributed by atoms with van der Waals surface area (Å²) in [5, 5.41) is 8.86. The van der Waals surface area contributed by atoms with Crippen LogP contribution in [-0.4, -0.2) is 17.2 Å². The molecule has 1 N–H and O–H groups in total. The molecule has 1 rings (SSSR count). The fourth-order valence-corrected chi connectivity index (χ4v) is 1.79. The Kier molecular flexibility index (Phi) is 4.20. The van der Waals surface area contributed by atoms with Gasteiger partial charge in [-0.3, -0.25) is 0 Å². The Bertz CT molecular complexity index is 421. The van der Waals surface area contributed by atoms with E-state index in [2.05, 4.69) is 36.7 Å². The van der Waals surface area contributed by atoms with Gasteiger partial charge < -0.3 is 9.84 Å². The fourth-order valence-electron chi connectivity index (χ4n) is 1.43. The molecular formula is C13H17BrO3. The monoisotopic (exact) mass is 300 g/mol. The number of halogens is 1. The number of hydrogen-bond donors (Lipinski definition) is 1. The average molecular weight is 301 g/mol. The van der Waals surface area contributed by atoms with Crippen LogP contribution in [0, 0.1) is 0 Å². The third-order valence-corrected chi connectivity index (χ3v) is 2.89. The highest BCUT2D eigenvalue weighted by molar-refractivity contribution is 9.10. The maximum atomic E-state index is 10.8. The molecule has 1 aromatic carbocycles. The van der Waals surface area contributed by atoms with Gasteiger partial charge in [-0.05, 0) is 30.5 Å². The normalized spacial score (nSPS) is 13.2. The number of carboxylic acids is 1. The third kappa shape index (κ3) is 3.73. The van der Waals surface area contributed by atoms with Gasteiger partial charge in [0, 0.05) is 10.0 Å². The number of ether oxygens (including phenoxy) is 1. The maximum Gasteiger partial charge on any atom is 0.344 e. The van der Waals surface area contributed by atoms with E-state index in [1.807, 2.05) is 12.1 Å². The highest BCUT2D eigenvalue weighted by Gasteiger charge is 2.22. The van der Waals surface area contributed by atoms with E-state index in [1.54, 1.807) is 6.07 Å². The Morgan fingerprint density at radius 2 is 2.00 bits per heavy atom. The number of benzene rings is 1. The molecule has 0 aliphatic carbocycles. The van der Waals surface area contributed by atoms with Crippen molar-refractivity contribution in [1.82, 2.24) is 0 Å². The molecule has 0 aromatic heterocycles. The molecule has 0 saturated heterocycles. The molecular weight excluding hydrogens is 284 g/mol. The molecule has 0 bridgehead atoms. The molecule has 3 nitrogen and oxygen atoms in total.